The number of carbonyl (C=O) groups is 1. The number of piperazine rings is 1. The number of aromatic nitrogens is 6. The largest absolute Gasteiger partial charge is 0.493 e. The van der Waals surface area contributed by atoms with Crippen molar-refractivity contribution in [2.75, 3.05) is 62.3 Å². The van der Waals surface area contributed by atoms with Gasteiger partial charge in [-0.25, -0.2) is 27.6 Å². The molecule has 0 spiro atoms. The monoisotopic (exact) mass is 845 g/mol. The normalized spacial score (nSPS) is 19.4. The summed E-state index contributed by atoms with van der Waals surface area (Å²) in [4.78, 5) is 29.9. The van der Waals surface area contributed by atoms with Crippen molar-refractivity contribution in [1.29, 1.82) is 0 Å². The lowest BCUT2D eigenvalue weighted by Crippen LogP contribution is -2.46. The van der Waals surface area contributed by atoms with Crippen LogP contribution in [-0.2, 0) is 21.6 Å². The van der Waals surface area contributed by atoms with E-state index in [1.54, 1.807) is 29.4 Å². The Labute approximate surface area is 353 Å². The first-order valence-electron chi connectivity index (χ1n) is 20.8. The zero-order chi connectivity index (χ0) is 43.1. The number of benzene rings is 3. The SMILES string of the molecule is CC[C@@H]([C@H](C)O)n1ncn(-c2ccc(N3CCN(c4ccc(OC[C@@H]5CO[C@@](Cn6c[n+](C(C)OC(=O)NCCCN)cn6)(c6ccc(F)cc6F)C5)cc4)CC3)cc2)c1=O. The van der Waals surface area contributed by atoms with Gasteiger partial charge in [-0.05, 0) is 87.3 Å². The zero-order valence-electron chi connectivity index (χ0n) is 34.8. The number of nitrogens with zero attached hydrogens (tertiary/aromatic N) is 8. The quantitative estimate of drug-likeness (QED) is 0.0912. The molecule has 4 N–H and O–H groups in total. The standard InChI is InChI=1S/C43H54F2N10O6/c1-4-40(30(2)56)55-42(58)54(28-49-55)36-9-7-34(8-10-36)50-18-20-51(21-19-50)35-11-13-37(14-12-35)59-24-32-23-43(60-25-32,38-15-6-33(44)22-39(38)45)26-53-29-52(27-48-53)31(3)61-41(57)47-17-5-16-46/h6-15,22,27-32,40,56H,4-5,16-21,23-26,46H2,1-3H3/p+1/t30-,31?,32+,40-,43-/m0/s1. The molecule has 4 heterocycles. The number of aliphatic hydroxyl groups excluding tert-OH is 1. The van der Waals surface area contributed by atoms with Crippen LogP contribution < -0.4 is 35.8 Å². The Hall–Kier alpha value is -5.85. The molecule has 3 aromatic carbocycles. The van der Waals surface area contributed by atoms with Gasteiger partial charge >= 0.3 is 11.8 Å². The van der Waals surface area contributed by atoms with Crippen LogP contribution in [0.1, 0.15) is 57.9 Å². The number of aliphatic hydroxyl groups is 1. The van der Waals surface area contributed by atoms with E-state index in [0.29, 0.717) is 50.4 Å². The Bertz CT molecular complexity index is 2280. The van der Waals surface area contributed by atoms with Crippen LogP contribution in [0, 0.1) is 17.6 Å². The molecule has 18 heteroatoms. The summed E-state index contributed by atoms with van der Waals surface area (Å²) in [6.07, 6.45) is 4.33. The second-order valence-electron chi connectivity index (χ2n) is 15.7. The van der Waals surface area contributed by atoms with Crippen molar-refractivity contribution >= 4 is 17.5 Å². The maximum atomic E-state index is 15.4. The van der Waals surface area contributed by atoms with E-state index in [-0.39, 0.29) is 36.4 Å². The zero-order valence-corrected chi connectivity index (χ0v) is 34.8. The van der Waals surface area contributed by atoms with Crippen molar-refractivity contribution in [2.24, 2.45) is 11.7 Å². The van der Waals surface area contributed by atoms with Crippen molar-refractivity contribution in [1.82, 2.24) is 29.4 Å². The molecule has 1 amide bonds. The fraction of sp³-hybridized carbons (Fsp3) is 0.465. The first-order chi connectivity index (χ1) is 29.5. The van der Waals surface area contributed by atoms with Crippen LogP contribution in [0.5, 0.6) is 5.75 Å². The van der Waals surface area contributed by atoms with Crippen LogP contribution in [0.25, 0.3) is 5.69 Å². The van der Waals surface area contributed by atoms with Crippen LogP contribution in [0.3, 0.4) is 0 Å². The van der Waals surface area contributed by atoms with Gasteiger partial charge in [0.05, 0.1) is 31.0 Å². The lowest BCUT2D eigenvalue weighted by molar-refractivity contribution is -0.753. The van der Waals surface area contributed by atoms with E-state index in [0.717, 1.165) is 43.6 Å². The molecular weight excluding hydrogens is 791 g/mol. The predicted octanol–water partition coefficient (Wildman–Crippen LogP) is 4.06. The van der Waals surface area contributed by atoms with Gasteiger partial charge in [0.15, 0.2) is 0 Å². The maximum absolute atomic E-state index is 15.4. The molecule has 0 saturated carbocycles. The number of alkyl carbamates (subject to hydrolysis) is 1. The van der Waals surface area contributed by atoms with E-state index in [1.807, 2.05) is 55.5 Å². The van der Waals surface area contributed by atoms with Gasteiger partial charge in [-0.2, -0.15) is 9.67 Å². The third-order valence-electron chi connectivity index (χ3n) is 11.4. The van der Waals surface area contributed by atoms with Crippen LogP contribution in [0.2, 0.25) is 0 Å². The summed E-state index contributed by atoms with van der Waals surface area (Å²) in [6.45, 7) is 10.1. The molecule has 0 bridgehead atoms. The number of amides is 1. The Kier molecular flexibility index (Phi) is 13.6. The summed E-state index contributed by atoms with van der Waals surface area (Å²) in [5.74, 6) is -0.795. The number of ether oxygens (including phenoxy) is 3. The molecule has 0 aliphatic carbocycles. The summed E-state index contributed by atoms with van der Waals surface area (Å²) < 4.78 is 53.5. The van der Waals surface area contributed by atoms with E-state index < -0.39 is 35.7 Å². The molecule has 326 valence electrons. The molecule has 16 nitrogen and oxygen atoms in total. The van der Waals surface area contributed by atoms with E-state index >= 15 is 4.39 Å². The minimum atomic E-state index is -1.16. The smallest absolute Gasteiger partial charge is 0.410 e. The molecule has 2 aromatic heterocycles. The molecule has 2 aliphatic rings. The number of halogens is 2. The highest BCUT2D eigenvalue weighted by Crippen LogP contribution is 2.42. The summed E-state index contributed by atoms with van der Waals surface area (Å²) in [6, 6.07) is 19.0. The average Bonchev–Trinajstić information content (AvgIpc) is 4.00. The van der Waals surface area contributed by atoms with Crippen molar-refractivity contribution in [3.8, 4) is 11.4 Å². The lowest BCUT2D eigenvalue weighted by atomic mass is 9.87. The van der Waals surface area contributed by atoms with Gasteiger partial charge in [-0.3, -0.25) is 0 Å². The number of rotatable bonds is 17. The Morgan fingerprint density at radius 1 is 1.02 bits per heavy atom. The topological polar surface area (TPSA) is 171 Å². The highest BCUT2D eigenvalue weighted by Gasteiger charge is 2.46. The van der Waals surface area contributed by atoms with E-state index in [9.17, 15) is 19.1 Å². The van der Waals surface area contributed by atoms with E-state index in [1.165, 1.54) is 34.0 Å². The highest BCUT2D eigenvalue weighted by molar-refractivity contribution is 5.67. The van der Waals surface area contributed by atoms with E-state index in [2.05, 4.69) is 25.3 Å². The van der Waals surface area contributed by atoms with Crippen molar-refractivity contribution in [2.45, 2.75) is 70.6 Å². The van der Waals surface area contributed by atoms with Gasteiger partial charge in [-0.1, -0.05) is 13.0 Å². The number of hydrogen-bond donors (Lipinski definition) is 3. The van der Waals surface area contributed by atoms with Crippen LogP contribution in [0.4, 0.5) is 25.0 Å². The third kappa shape index (κ3) is 10.0. The van der Waals surface area contributed by atoms with Crippen molar-refractivity contribution in [3.63, 3.8) is 0 Å². The minimum Gasteiger partial charge on any atom is -0.493 e. The molecule has 2 saturated heterocycles. The molecule has 0 radical (unpaired) electrons. The van der Waals surface area contributed by atoms with Crippen molar-refractivity contribution in [3.05, 3.63) is 113 Å². The Morgan fingerprint density at radius 2 is 1.69 bits per heavy atom. The molecule has 5 aromatic rings. The van der Waals surface area contributed by atoms with Gasteiger partial charge in [0, 0.05) is 73.7 Å². The predicted molar refractivity (Wildman–Crippen MR) is 223 cm³/mol. The first kappa shape index (κ1) is 43.2. The fourth-order valence-electron chi connectivity index (χ4n) is 8.08. The average molecular weight is 846 g/mol. The number of nitrogens with one attached hydrogen (secondary N) is 1. The molecule has 61 heavy (non-hydrogen) atoms. The maximum Gasteiger partial charge on any atom is 0.410 e. The fourth-order valence-corrected chi connectivity index (χ4v) is 8.08. The van der Waals surface area contributed by atoms with Crippen LogP contribution >= 0.6 is 0 Å². The summed E-state index contributed by atoms with van der Waals surface area (Å²) >= 11 is 0. The molecule has 1 unspecified atom stereocenters. The molecule has 2 aliphatic heterocycles. The number of hydrogen-bond acceptors (Lipinski definition) is 11. The summed E-state index contributed by atoms with van der Waals surface area (Å²) in [7, 11) is 0. The van der Waals surface area contributed by atoms with Gasteiger partial charge in [0.25, 0.3) is 6.33 Å². The van der Waals surface area contributed by atoms with E-state index in [4.69, 9.17) is 19.9 Å². The lowest BCUT2D eigenvalue weighted by Gasteiger charge is -2.37. The van der Waals surface area contributed by atoms with Gasteiger partial charge < -0.3 is 40.2 Å². The van der Waals surface area contributed by atoms with Crippen LogP contribution in [0.15, 0.2) is 90.5 Å². The highest BCUT2D eigenvalue weighted by atomic mass is 19.1. The number of nitrogens with two attached hydrogens (primary N) is 1. The Morgan fingerprint density at radius 3 is 2.33 bits per heavy atom. The first-order valence-corrected chi connectivity index (χ1v) is 20.8. The van der Waals surface area contributed by atoms with Gasteiger partial charge in [0.2, 0.25) is 12.6 Å². The minimum absolute atomic E-state index is 0.101. The molecule has 2 fully saturated rings. The third-order valence-corrected chi connectivity index (χ3v) is 11.4. The van der Waals surface area contributed by atoms with Gasteiger partial charge in [0.1, 0.15) is 35.9 Å². The molecular formula is C43H55F2N10O6+. The second-order valence-corrected chi connectivity index (χ2v) is 15.7. The Balaban J connectivity index is 0.925. The second kappa shape index (κ2) is 19.2. The number of anilines is 2. The molecule has 5 atom stereocenters. The molecule has 7 rings (SSSR count). The van der Waals surface area contributed by atoms with Crippen LogP contribution in [-0.4, -0.2) is 93.9 Å². The number of carbonyl (C=O) groups excluding carboxylic acids is 1. The summed E-state index contributed by atoms with van der Waals surface area (Å²) in [5, 5.41) is 21.4. The van der Waals surface area contributed by atoms with Gasteiger partial charge in [-0.15, -0.1) is 4.68 Å². The summed E-state index contributed by atoms with van der Waals surface area (Å²) in [5.41, 5.74) is 7.14. The van der Waals surface area contributed by atoms with Crippen molar-refractivity contribution < 1.29 is 37.5 Å².